The van der Waals surface area contributed by atoms with E-state index >= 15 is 0 Å². The number of primary amides is 1. The fourth-order valence-corrected chi connectivity index (χ4v) is 2.98. The predicted molar refractivity (Wildman–Crippen MR) is 84.1 cm³/mol. The number of amides is 1. The molecule has 1 aromatic carbocycles. The molecule has 0 aliphatic heterocycles. The van der Waals surface area contributed by atoms with Crippen LogP contribution in [-0.4, -0.2) is 15.5 Å². The Kier molecular flexibility index (Phi) is 3.34. The van der Waals surface area contributed by atoms with Crippen LogP contribution in [-0.2, 0) is 7.05 Å². The Balaban J connectivity index is 2.48. The number of aryl methyl sites for hydroxylation is 2. The van der Waals surface area contributed by atoms with E-state index in [4.69, 9.17) is 5.73 Å². The van der Waals surface area contributed by atoms with Gasteiger partial charge in [-0.25, -0.2) is 4.98 Å². The van der Waals surface area contributed by atoms with Crippen LogP contribution >= 0.6 is 0 Å². The van der Waals surface area contributed by atoms with Gasteiger partial charge < -0.3 is 10.3 Å². The largest absolute Gasteiger partial charge is 0.364 e. The number of fused-ring (bicyclic) bond motifs is 1. The summed E-state index contributed by atoms with van der Waals surface area (Å²) in [6.45, 7) is 1.78. The first-order valence-corrected chi connectivity index (χ1v) is 6.89. The maximum atomic E-state index is 13.5. The topological polar surface area (TPSA) is 84.7 Å². The van der Waals surface area contributed by atoms with E-state index < -0.39 is 11.9 Å². The summed E-state index contributed by atoms with van der Waals surface area (Å²) in [5.41, 5.74) is 8.91. The Labute approximate surface area is 131 Å². The molecular formula is C17H13FN4O. The summed E-state index contributed by atoms with van der Waals surface area (Å²) in [5.74, 6) is -1.16. The number of hydrogen-bond donors (Lipinski definition) is 1. The molecule has 0 atom stereocenters. The van der Waals surface area contributed by atoms with Gasteiger partial charge in [0.1, 0.15) is 5.69 Å². The molecule has 2 N–H and O–H groups in total. The summed E-state index contributed by atoms with van der Waals surface area (Å²) in [6, 6.07) is 8.42. The number of nitrogens with two attached hydrogens (primary N) is 1. The highest BCUT2D eigenvalue weighted by Crippen LogP contribution is 2.34. The summed E-state index contributed by atoms with van der Waals surface area (Å²) in [6.07, 6.45) is 1.36. The third-order valence-corrected chi connectivity index (χ3v) is 3.94. The number of rotatable bonds is 2. The van der Waals surface area contributed by atoms with Crippen molar-refractivity contribution < 1.29 is 9.18 Å². The number of nitrogens with zero attached hydrogens (tertiary/aromatic N) is 3. The molecule has 2 heterocycles. The molecule has 0 spiro atoms. The van der Waals surface area contributed by atoms with Gasteiger partial charge in [-0.15, -0.1) is 0 Å². The lowest BCUT2D eigenvalue weighted by atomic mass is 9.99. The molecule has 0 aliphatic rings. The monoisotopic (exact) mass is 308 g/mol. The number of benzene rings is 1. The number of pyridine rings is 1. The zero-order chi connectivity index (χ0) is 16.7. The van der Waals surface area contributed by atoms with E-state index in [0.717, 1.165) is 10.9 Å². The molecule has 114 valence electrons. The normalized spacial score (nSPS) is 10.7. The second-order valence-corrected chi connectivity index (χ2v) is 5.30. The maximum absolute atomic E-state index is 13.5. The van der Waals surface area contributed by atoms with E-state index in [1.54, 1.807) is 36.7 Å². The van der Waals surface area contributed by atoms with E-state index in [0.29, 0.717) is 27.9 Å². The average Bonchev–Trinajstić information content (AvgIpc) is 2.77. The minimum absolute atomic E-state index is 0.367. The molecule has 3 rings (SSSR count). The van der Waals surface area contributed by atoms with Crippen molar-refractivity contribution in [2.75, 3.05) is 0 Å². The lowest BCUT2D eigenvalue weighted by Gasteiger charge is -2.08. The second kappa shape index (κ2) is 5.21. The minimum atomic E-state index is -0.612. The van der Waals surface area contributed by atoms with Gasteiger partial charge in [0.05, 0.1) is 17.1 Å². The third-order valence-electron chi connectivity index (χ3n) is 3.94. The molecular weight excluding hydrogens is 295 g/mol. The number of carbonyl (C=O) groups is 1. The Morgan fingerprint density at radius 2 is 2.13 bits per heavy atom. The molecule has 0 bridgehead atoms. The van der Waals surface area contributed by atoms with Gasteiger partial charge in [0.15, 0.2) is 0 Å². The van der Waals surface area contributed by atoms with Crippen molar-refractivity contribution in [3.63, 3.8) is 0 Å². The van der Waals surface area contributed by atoms with E-state index in [1.807, 2.05) is 0 Å². The van der Waals surface area contributed by atoms with E-state index in [2.05, 4.69) is 11.1 Å². The molecule has 0 aliphatic carbocycles. The summed E-state index contributed by atoms with van der Waals surface area (Å²) in [7, 11) is 1.72. The van der Waals surface area contributed by atoms with Crippen LogP contribution in [0.2, 0.25) is 0 Å². The van der Waals surface area contributed by atoms with Crippen LogP contribution < -0.4 is 5.73 Å². The van der Waals surface area contributed by atoms with Gasteiger partial charge in [0.25, 0.3) is 5.91 Å². The summed E-state index contributed by atoms with van der Waals surface area (Å²) >= 11 is 0. The van der Waals surface area contributed by atoms with Crippen molar-refractivity contribution in [1.29, 1.82) is 5.26 Å². The van der Waals surface area contributed by atoms with Crippen LogP contribution in [0.15, 0.2) is 30.5 Å². The number of carbonyl (C=O) groups excluding carboxylic acids is 1. The van der Waals surface area contributed by atoms with Crippen molar-refractivity contribution in [1.82, 2.24) is 9.55 Å². The number of halogens is 1. The van der Waals surface area contributed by atoms with E-state index in [9.17, 15) is 14.4 Å². The van der Waals surface area contributed by atoms with Gasteiger partial charge in [-0.1, -0.05) is 0 Å². The van der Waals surface area contributed by atoms with Gasteiger partial charge in [-0.3, -0.25) is 4.79 Å². The van der Waals surface area contributed by atoms with E-state index in [-0.39, 0.29) is 0 Å². The molecule has 0 saturated heterocycles. The van der Waals surface area contributed by atoms with Crippen LogP contribution in [0.4, 0.5) is 4.39 Å². The zero-order valence-corrected chi connectivity index (χ0v) is 12.6. The Morgan fingerprint density at radius 3 is 2.74 bits per heavy atom. The highest BCUT2D eigenvalue weighted by atomic mass is 19.1. The fraction of sp³-hybridized carbons (Fsp3) is 0.118. The molecule has 23 heavy (non-hydrogen) atoms. The molecule has 0 radical (unpaired) electrons. The third kappa shape index (κ3) is 2.23. The molecule has 2 aromatic heterocycles. The van der Waals surface area contributed by atoms with Gasteiger partial charge in [0.2, 0.25) is 5.95 Å². The van der Waals surface area contributed by atoms with Crippen molar-refractivity contribution in [3.05, 3.63) is 53.2 Å². The van der Waals surface area contributed by atoms with Crippen LogP contribution in [0.25, 0.3) is 22.0 Å². The highest BCUT2D eigenvalue weighted by molar-refractivity contribution is 6.05. The van der Waals surface area contributed by atoms with Crippen LogP contribution in [0, 0.1) is 24.2 Å². The van der Waals surface area contributed by atoms with Gasteiger partial charge in [0, 0.05) is 30.3 Å². The Morgan fingerprint density at radius 1 is 1.39 bits per heavy atom. The quantitative estimate of drug-likeness (QED) is 0.739. The molecule has 1 amide bonds. The maximum Gasteiger partial charge on any atom is 0.265 e. The number of nitriles is 1. The Hall–Kier alpha value is -3.20. The van der Waals surface area contributed by atoms with Crippen LogP contribution in [0.1, 0.15) is 21.6 Å². The van der Waals surface area contributed by atoms with Crippen LogP contribution in [0.5, 0.6) is 0 Å². The molecule has 6 heteroatoms. The smallest absolute Gasteiger partial charge is 0.265 e. The Bertz CT molecular complexity index is 998. The predicted octanol–water partition coefficient (Wildman–Crippen LogP) is 2.66. The summed E-state index contributed by atoms with van der Waals surface area (Å²) in [5, 5.41) is 10.0. The fourth-order valence-electron chi connectivity index (χ4n) is 2.98. The van der Waals surface area contributed by atoms with Crippen molar-refractivity contribution in [3.8, 4) is 17.2 Å². The summed E-state index contributed by atoms with van der Waals surface area (Å²) < 4.78 is 15.2. The lowest BCUT2D eigenvalue weighted by Crippen LogP contribution is -2.16. The highest BCUT2D eigenvalue weighted by Gasteiger charge is 2.20. The van der Waals surface area contributed by atoms with Gasteiger partial charge >= 0.3 is 0 Å². The average molecular weight is 308 g/mol. The lowest BCUT2D eigenvalue weighted by molar-refractivity contribution is 0.0992. The first-order valence-electron chi connectivity index (χ1n) is 6.89. The first kappa shape index (κ1) is 14.7. The zero-order valence-electron chi connectivity index (χ0n) is 12.6. The van der Waals surface area contributed by atoms with Crippen molar-refractivity contribution in [2.45, 2.75) is 6.92 Å². The van der Waals surface area contributed by atoms with Crippen molar-refractivity contribution in [2.24, 2.45) is 12.8 Å². The van der Waals surface area contributed by atoms with Gasteiger partial charge in [-0.2, -0.15) is 9.65 Å². The van der Waals surface area contributed by atoms with Crippen LogP contribution in [0.3, 0.4) is 0 Å². The minimum Gasteiger partial charge on any atom is -0.364 e. The molecule has 0 fully saturated rings. The molecule has 0 saturated carbocycles. The standard InChI is InChI=1S/C17H13FN4O/c1-9-12-5-10(8-19)6-13(11-3-4-21-14(18)7-11)16(12)22(2)15(9)17(20)23/h3-7H,1-2H3,(H2,20,23). The SMILES string of the molecule is Cc1c(C(N)=O)n(C)c2c(-c3ccnc(F)c3)cc(C#N)cc12. The number of hydrogen-bond acceptors (Lipinski definition) is 3. The number of aromatic nitrogens is 2. The summed E-state index contributed by atoms with van der Waals surface area (Å²) in [4.78, 5) is 15.3. The van der Waals surface area contributed by atoms with Gasteiger partial charge in [-0.05, 0) is 36.2 Å². The van der Waals surface area contributed by atoms with Crippen molar-refractivity contribution >= 4 is 16.8 Å². The first-order chi connectivity index (χ1) is 10.9. The molecule has 5 nitrogen and oxygen atoms in total. The molecule has 3 aromatic rings. The van der Waals surface area contributed by atoms with E-state index in [1.165, 1.54) is 12.3 Å². The second-order valence-electron chi connectivity index (χ2n) is 5.30. The molecule has 0 unspecified atom stereocenters.